The summed E-state index contributed by atoms with van der Waals surface area (Å²) in [7, 11) is 1.54. The van der Waals surface area contributed by atoms with Gasteiger partial charge in [0.15, 0.2) is 17.2 Å². The van der Waals surface area contributed by atoms with E-state index in [0.717, 1.165) is 0 Å². The number of nitrogen functional groups attached to an aromatic ring is 1. The van der Waals surface area contributed by atoms with Crippen LogP contribution in [0.5, 0.6) is 28.7 Å². The van der Waals surface area contributed by atoms with Crippen molar-refractivity contribution >= 4 is 5.95 Å². The topological polar surface area (TPSA) is 99.7 Å². The van der Waals surface area contributed by atoms with Gasteiger partial charge in [0.1, 0.15) is 29.6 Å². The highest BCUT2D eigenvalue weighted by molar-refractivity contribution is 5.74. The normalized spacial score (nSPS) is 10.6. The summed E-state index contributed by atoms with van der Waals surface area (Å²) >= 11 is 0. The minimum absolute atomic E-state index is 0.0201. The number of aromatic hydroxyl groups is 1. The first kappa shape index (κ1) is 20.9. The predicted molar refractivity (Wildman–Crippen MR) is 117 cm³/mol. The summed E-state index contributed by atoms with van der Waals surface area (Å²) in [4.78, 5) is 8.24. The Labute approximate surface area is 183 Å². The molecule has 32 heavy (non-hydrogen) atoms. The van der Waals surface area contributed by atoms with Crippen LogP contribution in [0.25, 0.3) is 11.3 Å². The number of aromatic nitrogens is 2. The average Bonchev–Trinajstić information content (AvgIpc) is 2.80. The van der Waals surface area contributed by atoms with Crippen molar-refractivity contribution in [3.8, 4) is 40.0 Å². The lowest BCUT2D eigenvalue weighted by Crippen LogP contribution is -2.01. The SMILES string of the molecule is COc1ccccc1Oc1cnc(N)nc1-c1ccc(OCc2ccccc2F)cc1O. The fourth-order valence-corrected chi connectivity index (χ4v) is 3.05. The average molecular weight is 433 g/mol. The van der Waals surface area contributed by atoms with E-state index in [-0.39, 0.29) is 29.9 Å². The number of nitrogens with zero attached hydrogens (tertiary/aromatic N) is 2. The van der Waals surface area contributed by atoms with Gasteiger partial charge in [0.2, 0.25) is 5.95 Å². The number of rotatable bonds is 7. The molecule has 7 nitrogen and oxygen atoms in total. The minimum Gasteiger partial charge on any atom is -0.507 e. The third-order valence-corrected chi connectivity index (χ3v) is 4.64. The predicted octanol–water partition coefficient (Wildman–Crippen LogP) is 4.95. The molecule has 0 atom stereocenters. The molecule has 0 unspecified atom stereocenters. The van der Waals surface area contributed by atoms with E-state index < -0.39 is 0 Å². The van der Waals surface area contributed by atoms with Crippen molar-refractivity contribution in [3.63, 3.8) is 0 Å². The van der Waals surface area contributed by atoms with Gasteiger partial charge in [0.25, 0.3) is 0 Å². The van der Waals surface area contributed by atoms with Gasteiger partial charge in [-0.25, -0.2) is 14.4 Å². The molecule has 0 fully saturated rings. The van der Waals surface area contributed by atoms with Gasteiger partial charge >= 0.3 is 0 Å². The maximum absolute atomic E-state index is 13.8. The summed E-state index contributed by atoms with van der Waals surface area (Å²) in [5.41, 5.74) is 6.84. The van der Waals surface area contributed by atoms with Gasteiger partial charge in [-0.2, -0.15) is 0 Å². The zero-order valence-electron chi connectivity index (χ0n) is 17.2. The molecule has 8 heteroatoms. The number of phenols is 1. The molecule has 4 aromatic rings. The van der Waals surface area contributed by atoms with Gasteiger partial charge in [-0.3, -0.25) is 0 Å². The number of ether oxygens (including phenoxy) is 3. The molecule has 3 aromatic carbocycles. The van der Waals surface area contributed by atoms with E-state index in [1.807, 2.05) is 6.07 Å². The monoisotopic (exact) mass is 433 g/mol. The molecule has 1 aromatic heterocycles. The van der Waals surface area contributed by atoms with Crippen molar-refractivity contribution in [3.05, 3.63) is 84.3 Å². The Kier molecular flexibility index (Phi) is 6.03. The number of phenolic OH excluding ortho intramolecular Hbond substituents is 1. The highest BCUT2D eigenvalue weighted by Gasteiger charge is 2.17. The van der Waals surface area contributed by atoms with E-state index in [4.69, 9.17) is 19.9 Å². The van der Waals surface area contributed by atoms with Gasteiger partial charge in [-0.1, -0.05) is 30.3 Å². The van der Waals surface area contributed by atoms with Crippen molar-refractivity contribution in [2.75, 3.05) is 12.8 Å². The van der Waals surface area contributed by atoms with Crippen LogP contribution in [-0.4, -0.2) is 22.2 Å². The Morgan fingerprint density at radius 3 is 2.47 bits per heavy atom. The maximum Gasteiger partial charge on any atom is 0.220 e. The van der Waals surface area contributed by atoms with E-state index in [9.17, 15) is 9.50 Å². The number of hydrogen-bond acceptors (Lipinski definition) is 7. The smallest absolute Gasteiger partial charge is 0.220 e. The number of methoxy groups -OCH3 is 1. The first-order chi connectivity index (χ1) is 15.5. The van der Waals surface area contributed by atoms with Crippen LogP contribution < -0.4 is 19.9 Å². The Morgan fingerprint density at radius 2 is 1.72 bits per heavy atom. The number of benzene rings is 3. The molecular weight excluding hydrogens is 413 g/mol. The fourth-order valence-electron chi connectivity index (χ4n) is 3.05. The summed E-state index contributed by atoms with van der Waals surface area (Å²) in [6.45, 7) is 0.0219. The zero-order valence-corrected chi connectivity index (χ0v) is 17.2. The van der Waals surface area contributed by atoms with Crippen LogP contribution in [0.1, 0.15) is 5.56 Å². The first-order valence-corrected chi connectivity index (χ1v) is 9.68. The van der Waals surface area contributed by atoms with Crippen molar-refractivity contribution < 1.29 is 23.7 Å². The molecule has 0 spiro atoms. The molecule has 0 aliphatic carbocycles. The van der Waals surface area contributed by atoms with E-state index in [1.54, 1.807) is 48.5 Å². The Balaban J connectivity index is 1.62. The van der Waals surface area contributed by atoms with Crippen molar-refractivity contribution in [1.29, 1.82) is 0 Å². The van der Waals surface area contributed by atoms with E-state index in [1.165, 1.54) is 25.4 Å². The Hall–Kier alpha value is -4.33. The van der Waals surface area contributed by atoms with E-state index in [2.05, 4.69) is 9.97 Å². The van der Waals surface area contributed by atoms with Gasteiger partial charge in [0, 0.05) is 17.2 Å². The van der Waals surface area contributed by atoms with Crippen molar-refractivity contribution in [2.24, 2.45) is 0 Å². The molecule has 0 saturated heterocycles. The lowest BCUT2D eigenvalue weighted by Gasteiger charge is -2.14. The van der Waals surface area contributed by atoms with Gasteiger partial charge in [0.05, 0.1) is 13.3 Å². The zero-order chi connectivity index (χ0) is 22.5. The molecular formula is C24H20FN3O4. The van der Waals surface area contributed by atoms with E-state index >= 15 is 0 Å². The summed E-state index contributed by atoms with van der Waals surface area (Å²) < 4.78 is 30.7. The number of para-hydroxylation sites is 2. The van der Waals surface area contributed by atoms with Crippen LogP contribution in [0.2, 0.25) is 0 Å². The first-order valence-electron chi connectivity index (χ1n) is 9.68. The number of hydrogen-bond donors (Lipinski definition) is 2. The second-order valence-electron chi connectivity index (χ2n) is 6.75. The largest absolute Gasteiger partial charge is 0.507 e. The fraction of sp³-hybridized carbons (Fsp3) is 0.0833. The Morgan fingerprint density at radius 1 is 0.969 bits per heavy atom. The third kappa shape index (κ3) is 4.54. The van der Waals surface area contributed by atoms with Crippen LogP contribution in [0.3, 0.4) is 0 Å². The standard InChI is InChI=1S/C24H20FN3O4/c1-30-20-8-4-5-9-21(20)32-22-13-27-24(26)28-23(22)17-11-10-16(12-19(17)29)31-14-15-6-2-3-7-18(15)25/h2-13,29H,14H2,1H3,(H2,26,27,28). The van der Waals surface area contributed by atoms with Crippen molar-refractivity contribution in [1.82, 2.24) is 9.97 Å². The molecule has 0 aliphatic heterocycles. The highest BCUT2D eigenvalue weighted by Crippen LogP contribution is 2.40. The van der Waals surface area contributed by atoms with Crippen LogP contribution >= 0.6 is 0 Å². The van der Waals surface area contributed by atoms with Crippen LogP contribution in [0.4, 0.5) is 10.3 Å². The Bertz CT molecular complexity index is 1250. The molecule has 0 radical (unpaired) electrons. The highest BCUT2D eigenvalue weighted by atomic mass is 19.1. The van der Waals surface area contributed by atoms with Gasteiger partial charge < -0.3 is 25.1 Å². The second-order valence-corrected chi connectivity index (χ2v) is 6.75. The molecule has 4 rings (SSSR count). The molecule has 0 bridgehead atoms. The number of anilines is 1. The second kappa shape index (κ2) is 9.22. The molecule has 0 saturated carbocycles. The van der Waals surface area contributed by atoms with Gasteiger partial charge in [-0.05, 0) is 30.3 Å². The summed E-state index contributed by atoms with van der Waals surface area (Å²) in [5, 5.41) is 10.6. The summed E-state index contributed by atoms with van der Waals surface area (Å²) in [6, 6.07) is 18.1. The van der Waals surface area contributed by atoms with Crippen LogP contribution in [0.15, 0.2) is 72.9 Å². The molecule has 0 aliphatic rings. The molecule has 162 valence electrons. The van der Waals surface area contributed by atoms with Gasteiger partial charge in [-0.15, -0.1) is 0 Å². The summed E-state index contributed by atoms with van der Waals surface area (Å²) in [5.74, 6) is 1.17. The lowest BCUT2D eigenvalue weighted by molar-refractivity contribution is 0.298. The quantitative estimate of drug-likeness (QED) is 0.425. The summed E-state index contributed by atoms with van der Waals surface area (Å²) in [6.07, 6.45) is 1.42. The molecule has 1 heterocycles. The number of halogens is 1. The third-order valence-electron chi connectivity index (χ3n) is 4.64. The lowest BCUT2D eigenvalue weighted by atomic mass is 10.1. The molecule has 3 N–H and O–H groups in total. The van der Waals surface area contributed by atoms with E-state index in [0.29, 0.717) is 34.1 Å². The molecule has 0 amide bonds. The number of nitrogens with two attached hydrogens (primary N) is 1. The van der Waals surface area contributed by atoms with Crippen molar-refractivity contribution in [2.45, 2.75) is 6.61 Å². The maximum atomic E-state index is 13.8. The minimum atomic E-state index is -0.358. The van der Waals surface area contributed by atoms with Crippen LogP contribution in [0, 0.1) is 5.82 Å². The van der Waals surface area contributed by atoms with Crippen LogP contribution in [-0.2, 0) is 6.61 Å².